The molecule has 168 valence electrons. The highest BCUT2D eigenvalue weighted by Gasteiger charge is 2.38. The van der Waals surface area contributed by atoms with Crippen LogP contribution in [0.25, 0.3) is 0 Å². The molecule has 5 heteroatoms. The van der Waals surface area contributed by atoms with E-state index in [4.69, 9.17) is 5.73 Å². The fourth-order valence-corrected chi connectivity index (χ4v) is 4.23. The predicted molar refractivity (Wildman–Crippen MR) is 120 cm³/mol. The summed E-state index contributed by atoms with van der Waals surface area (Å²) in [6.45, 7) is 3.97. The number of carbonyl (C=O) groups excluding carboxylic acids is 1. The molecule has 2 atom stereocenters. The Balaban J connectivity index is 2.00. The molecule has 0 saturated heterocycles. The van der Waals surface area contributed by atoms with E-state index < -0.39 is 5.97 Å². The van der Waals surface area contributed by atoms with Crippen LogP contribution in [0.4, 0.5) is 0 Å². The van der Waals surface area contributed by atoms with E-state index in [1.54, 1.807) is 12.4 Å². The minimum Gasteiger partial charge on any atom is -0.544 e. The summed E-state index contributed by atoms with van der Waals surface area (Å²) >= 11 is 0. The second-order valence-electron chi connectivity index (χ2n) is 8.74. The van der Waals surface area contributed by atoms with Crippen molar-refractivity contribution in [1.82, 2.24) is 0 Å². The summed E-state index contributed by atoms with van der Waals surface area (Å²) in [5.74, 6) is -0.225. The van der Waals surface area contributed by atoms with Gasteiger partial charge in [-0.2, -0.15) is 0 Å². The van der Waals surface area contributed by atoms with Crippen LogP contribution in [0.15, 0.2) is 17.4 Å². The van der Waals surface area contributed by atoms with E-state index >= 15 is 0 Å². The molecule has 0 aliphatic carbocycles. The van der Waals surface area contributed by atoms with Gasteiger partial charge in [0.05, 0.1) is 12.2 Å². The molecule has 0 aromatic heterocycles. The van der Waals surface area contributed by atoms with Crippen molar-refractivity contribution in [2.24, 2.45) is 10.7 Å². The molecule has 0 aromatic rings. The number of carbonyl (C=O) groups is 1. The first-order chi connectivity index (χ1) is 14.0. The van der Waals surface area contributed by atoms with Crippen molar-refractivity contribution in [3.8, 4) is 0 Å². The first kappa shape index (κ1) is 25.8. The van der Waals surface area contributed by atoms with Gasteiger partial charge in [0.15, 0.2) is 0 Å². The van der Waals surface area contributed by atoms with Crippen molar-refractivity contribution in [2.75, 3.05) is 6.54 Å². The molecule has 0 bridgehead atoms. The number of carboxylic acids is 1. The maximum atomic E-state index is 11.2. The van der Waals surface area contributed by atoms with Crippen LogP contribution in [0.3, 0.4) is 0 Å². The van der Waals surface area contributed by atoms with Gasteiger partial charge in [-0.3, -0.25) is 5.73 Å². The predicted octanol–water partition coefficient (Wildman–Crippen LogP) is 5.00. The first-order valence-corrected chi connectivity index (χ1v) is 12.1. The Morgan fingerprint density at radius 1 is 0.931 bits per heavy atom. The summed E-state index contributed by atoms with van der Waals surface area (Å²) in [5.41, 5.74) is 6.08. The normalized spacial score (nSPS) is 19.5. The average molecular weight is 408 g/mol. The third kappa shape index (κ3) is 10.4. The minimum atomic E-state index is -1.09. The molecule has 0 spiro atoms. The van der Waals surface area contributed by atoms with Gasteiger partial charge < -0.3 is 9.90 Å². The van der Waals surface area contributed by atoms with Crippen LogP contribution in [0, 0.1) is 0 Å². The highest BCUT2D eigenvalue weighted by molar-refractivity contribution is 5.81. The van der Waals surface area contributed by atoms with E-state index in [-0.39, 0.29) is 17.2 Å². The quantitative estimate of drug-likeness (QED) is 0.242. The minimum absolute atomic E-state index is 0.112. The molecule has 1 aliphatic rings. The molecule has 0 saturated carbocycles. The number of quaternary nitrogens is 1. The monoisotopic (exact) mass is 407 g/mol. The number of rotatable bonds is 19. The lowest BCUT2D eigenvalue weighted by molar-refractivity contribution is -0.808. The molecule has 2 unspecified atom stereocenters. The number of hydrogen-bond donors (Lipinski definition) is 1. The average Bonchev–Trinajstić information content (AvgIpc) is 3.08. The number of aliphatic carboxylic acids is 1. The molecule has 1 aliphatic heterocycles. The molecular formula is C24H45N3O2. The second kappa shape index (κ2) is 15.6. The van der Waals surface area contributed by atoms with Gasteiger partial charge in [-0.15, -0.1) is 0 Å². The fourth-order valence-electron chi connectivity index (χ4n) is 4.23. The Morgan fingerprint density at radius 3 is 1.79 bits per heavy atom. The first-order valence-electron chi connectivity index (χ1n) is 12.1. The fraction of sp³-hybridized carbons (Fsp3) is 0.833. The molecule has 0 radical (unpaired) electrons. The number of carboxylic acid groups (broad SMARTS) is 1. The molecule has 29 heavy (non-hydrogen) atoms. The van der Waals surface area contributed by atoms with Crippen LogP contribution in [0.1, 0.15) is 117 Å². The van der Waals surface area contributed by atoms with Crippen molar-refractivity contribution in [3.05, 3.63) is 12.4 Å². The van der Waals surface area contributed by atoms with Crippen molar-refractivity contribution in [3.63, 3.8) is 0 Å². The Kier molecular flexibility index (Phi) is 13.9. The van der Waals surface area contributed by atoms with E-state index in [1.165, 1.54) is 89.9 Å². The summed E-state index contributed by atoms with van der Waals surface area (Å²) in [7, 11) is 0. The maximum Gasteiger partial charge on any atom is 0.209 e. The third-order valence-corrected chi connectivity index (χ3v) is 6.16. The zero-order valence-electron chi connectivity index (χ0n) is 19.0. The zero-order chi connectivity index (χ0) is 21.4. The summed E-state index contributed by atoms with van der Waals surface area (Å²) in [5, 5.41) is 11.2. The van der Waals surface area contributed by atoms with Gasteiger partial charge in [-0.05, 0) is 6.42 Å². The lowest BCUT2D eigenvalue weighted by Crippen LogP contribution is -2.60. The molecule has 0 amide bonds. The number of unbranched alkanes of at least 4 members (excludes halogenated alkanes) is 14. The number of nitrogens with zero attached hydrogens (tertiary/aromatic N) is 2. The van der Waals surface area contributed by atoms with Gasteiger partial charge in [-0.25, -0.2) is 9.48 Å². The van der Waals surface area contributed by atoms with E-state index in [0.29, 0.717) is 0 Å². The largest absolute Gasteiger partial charge is 0.544 e. The molecular weight excluding hydrogens is 362 g/mol. The maximum absolute atomic E-state index is 11.2. The van der Waals surface area contributed by atoms with E-state index in [0.717, 1.165) is 18.7 Å². The van der Waals surface area contributed by atoms with Crippen molar-refractivity contribution in [1.29, 1.82) is 0 Å². The Bertz CT molecular complexity index is 502. The van der Waals surface area contributed by atoms with Crippen LogP contribution in [0.2, 0.25) is 0 Å². The number of hydrogen-bond acceptors (Lipinski definition) is 4. The molecule has 1 rings (SSSR count). The van der Waals surface area contributed by atoms with Crippen molar-refractivity contribution >= 4 is 11.8 Å². The summed E-state index contributed by atoms with van der Waals surface area (Å²) in [4.78, 5) is 15.6. The lowest BCUT2D eigenvalue weighted by atomic mass is 10.0. The highest BCUT2D eigenvalue weighted by atomic mass is 16.4. The van der Waals surface area contributed by atoms with E-state index in [1.807, 2.05) is 6.92 Å². The van der Waals surface area contributed by atoms with Gasteiger partial charge in [0.1, 0.15) is 18.9 Å². The number of nitrogens with two attached hydrogens (primary N) is 1. The summed E-state index contributed by atoms with van der Waals surface area (Å²) in [6.07, 6.45) is 24.0. The van der Waals surface area contributed by atoms with Gasteiger partial charge in [-0.1, -0.05) is 96.8 Å². The van der Waals surface area contributed by atoms with Gasteiger partial charge >= 0.3 is 0 Å². The van der Waals surface area contributed by atoms with Crippen LogP contribution < -0.4 is 10.8 Å². The smallest absolute Gasteiger partial charge is 0.209 e. The topological polar surface area (TPSA) is 78.5 Å². The molecule has 0 fully saturated rings. The number of amidine groups is 1. The van der Waals surface area contributed by atoms with Gasteiger partial charge in [0.2, 0.25) is 5.84 Å². The molecule has 0 aromatic carbocycles. The standard InChI is InChI=1S/C24H45N3O2/c1-3-4-5-6-7-8-9-10-11-12-13-14-15-16-17-18-23-26-19-20-27(23,22(2)25)21-24(28)29/h19-20,22H,3-18,21,25H2,1-2H3. The second-order valence-corrected chi connectivity index (χ2v) is 8.74. The Morgan fingerprint density at radius 2 is 1.38 bits per heavy atom. The summed E-state index contributed by atoms with van der Waals surface area (Å²) < 4.78 is 0.112. The van der Waals surface area contributed by atoms with Crippen LogP contribution >= 0.6 is 0 Å². The molecule has 5 nitrogen and oxygen atoms in total. The van der Waals surface area contributed by atoms with Crippen molar-refractivity contribution in [2.45, 2.75) is 123 Å². The third-order valence-electron chi connectivity index (χ3n) is 6.16. The van der Waals surface area contributed by atoms with Crippen LogP contribution in [-0.4, -0.2) is 29.0 Å². The van der Waals surface area contributed by atoms with Crippen LogP contribution in [0.5, 0.6) is 0 Å². The van der Waals surface area contributed by atoms with E-state index in [9.17, 15) is 9.90 Å². The van der Waals surface area contributed by atoms with Gasteiger partial charge in [0.25, 0.3) is 0 Å². The number of aliphatic imine (C=N–C) groups is 1. The zero-order valence-corrected chi connectivity index (χ0v) is 19.0. The highest BCUT2D eigenvalue weighted by Crippen LogP contribution is 2.23. The Hall–Kier alpha value is -1.20. The van der Waals surface area contributed by atoms with Crippen LogP contribution in [-0.2, 0) is 4.79 Å². The van der Waals surface area contributed by atoms with Gasteiger partial charge in [0, 0.05) is 13.3 Å². The van der Waals surface area contributed by atoms with E-state index in [2.05, 4.69) is 11.9 Å². The molecule has 1 heterocycles. The molecule has 2 N–H and O–H groups in total. The van der Waals surface area contributed by atoms with Crippen molar-refractivity contribution < 1.29 is 14.4 Å². The Labute approximate surface area is 179 Å². The summed E-state index contributed by atoms with van der Waals surface area (Å²) in [6, 6.07) is 0. The SMILES string of the molecule is CCCCCCCCCCCCCCCCCC1=NC=C[N+]1(CC(=O)[O-])C(C)N. The lowest BCUT2D eigenvalue weighted by Gasteiger charge is -2.36.